The van der Waals surface area contributed by atoms with Gasteiger partial charge >= 0.3 is 0 Å². The Labute approximate surface area is 202 Å². The van der Waals surface area contributed by atoms with Gasteiger partial charge in [0.15, 0.2) is 5.82 Å². The molecule has 1 atom stereocenters. The second kappa shape index (κ2) is 11.2. The molecule has 3 heterocycles. The van der Waals surface area contributed by atoms with E-state index in [1.165, 1.54) is 24.9 Å². The van der Waals surface area contributed by atoms with Crippen molar-refractivity contribution in [2.45, 2.75) is 32.2 Å². The molecule has 9 nitrogen and oxygen atoms in total. The van der Waals surface area contributed by atoms with Crippen LogP contribution in [-0.4, -0.2) is 45.3 Å². The largest absolute Gasteiger partial charge is 0.399 e. The number of aromatic nitrogens is 3. The second-order valence-corrected chi connectivity index (χ2v) is 8.05. The van der Waals surface area contributed by atoms with Crippen molar-refractivity contribution >= 4 is 11.6 Å². The van der Waals surface area contributed by atoms with Crippen LogP contribution in [-0.2, 0) is 9.63 Å². The summed E-state index contributed by atoms with van der Waals surface area (Å²) >= 11 is 0. The number of hydrogen-bond acceptors (Lipinski definition) is 7. The predicted octanol–water partition coefficient (Wildman–Crippen LogP) is 4.04. The monoisotopic (exact) mass is 473 g/mol. The molecule has 1 aliphatic carbocycles. The molecule has 1 fully saturated rings. The number of allylic oxidation sites excluding steroid dienone is 8. The summed E-state index contributed by atoms with van der Waals surface area (Å²) in [7, 11) is 1.47. The highest BCUT2D eigenvalue weighted by Gasteiger charge is 2.38. The lowest BCUT2D eigenvalue weighted by Crippen LogP contribution is -2.32. The number of amides is 1. The molecule has 2 aromatic rings. The molecule has 1 N–H and O–H groups in total. The van der Waals surface area contributed by atoms with Gasteiger partial charge in [0.2, 0.25) is 5.56 Å². The summed E-state index contributed by atoms with van der Waals surface area (Å²) in [6.07, 6.45) is 19.6. The average molecular weight is 474 g/mol. The number of H-pyrrole nitrogens is 1. The van der Waals surface area contributed by atoms with Crippen LogP contribution >= 0.6 is 0 Å². The highest BCUT2D eigenvalue weighted by molar-refractivity contribution is 6.01. The minimum atomic E-state index is -0.461. The van der Waals surface area contributed by atoms with Gasteiger partial charge < -0.3 is 19.2 Å². The smallest absolute Gasteiger partial charge is 0.259 e. The first-order valence-corrected chi connectivity index (χ1v) is 11.4. The van der Waals surface area contributed by atoms with Gasteiger partial charge in [0.05, 0.1) is 17.8 Å². The normalized spacial score (nSPS) is 19.4. The van der Waals surface area contributed by atoms with Crippen LogP contribution in [0.4, 0.5) is 0 Å². The maximum atomic E-state index is 13.5. The number of aromatic amines is 1. The molecule has 180 valence electrons. The number of rotatable bonds is 7. The Balaban J connectivity index is 1.54. The minimum absolute atomic E-state index is 0.157. The van der Waals surface area contributed by atoms with Gasteiger partial charge in [-0.15, -0.1) is 0 Å². The SMILES string of the molecule is C/C=C(\C=C/CC1=CC=CCC=C1)C(=O)N1CC(=NOC)CC1c1noc(-c2ccc(=O)[nH]c2)n1. The highest BCUT2D eigenvalue weighted by atomic mass is 16.6. The van der Waals surface area contributed by atoms with Crippen molar-refractivity contribution in [3.63, 3.8) is 0 Å². The molecule has 9 heteroatoms. The van der Waals surface area contributed by atoms with Crippen LogP contribution in [0.2, 0.25) is 0 Å². The predicted molar refractivity (Wildman–Crippen MR) is 132 cm³/mol. The van der Waals surface area contributed by atoms with Crippen LogP contribution in [0.3, 0.4) is 0 Å². The summed E-state index contributed by atoms with van der Waals surface area (Å²) in [5.74, 6) is 0.460. The molecule has 2 aromatic heterocycles. The molecule has 0 bridgehead atoms. The summed E-state index contributed by atoms with van der Waals surface area (Å²) < 4.78 is 5.42. The van der Waals surface area contributed by atoms with E-state index in [9.17, 15) is 9.59 Å². The van der Waals surface area contributed by atoms with Crippen LogP contribution in [0.25, 0.3) is 11.5 Å². The van der Waals surface area contributed by atoms with Crippen molar-refractivity contribution in [3.05, 3.63) is 94.3 Å². The third-order valence-corrected chi connectivity index (χ3v) is 5.67. The van der Waals surface area contributed by atoms with E-state index in [0.29, 0.717) is 35.6 Å². The molecule has 35 heavy (non-hydrogen) atoms. The Morgan fingerprint density at radius 2 is 2.26 bits per heavy atom. The van der Waals surface area contributed by atoms with Gasteiger partial charge in [-0.25, -0.2) is 0 Å². The molecule has 0 saturated carbocycles. The summed E-state index contributed by atoms with van der Waals surface area (Å²) in [5, 5.41) is 8.18. The van der Waals surface area contributed by atoms with Crippen LogP contribution in [0.5, 0.6) is 0 Å². The average Bonchev–Trinajstić information content (AvgIpc) is 3.43. The van der Waals surface area contributed by atoms with Crippen molar-refractivity contribution in [2.24, 2.45) is 5.16 Å². The summed E-state index contributed by atoms with van der Waals surface area (Å²) in [4.78, 5) is 38.6. The van der Waals surface area contributed by atoms with Gasteiger partial charge in [0.25, 0.3) is 11.8 Å². The minimum Gasteiger partial charge on any atom is -0.399 e. The maximum absolute atomic E-state index is 13.5. The lowest BCUT2D eigenvalue weighted by atomic mass is 10.1. The fourth-order valence-corrected chi connectivity index (χ4v) is 3.91. The fraction of sp³-hybridized carbons (Fsp3) is 0.269. The van der Waals surface area contributed by atoms with Crippen LogP contribution in [0.1, 0.15) is 38.1 Å². The van der Waals surface area contributed by atoms with E-state index in [-0.39, 0.29) is 17.4 Å². The first kappa shape index (κ1) is 23.9. The molecule has 1 amide bonds. The van der Waals surface area contributed by atoms with E-state index in [0.717, 1.165) is 12.8 Å². The standard InChI is InChI=1S/C26H27N5O4/c1-3-19(12-8-11-18-9-6-4-5-7-10-18)26(33)31-17-21(29-34-2)15-22(31)24-28-25(35-30-24)20-13-14-23(32)27-16-20/h3-4,6-10,12-14,16,22H,5,11,15,17H2,1-2H3,(H,27,32)/b12-8-,19-3+,29-21?. The topological polar surface area (TPSA) is 114 Å². The molecule has 2 aliphatic rings. The third-order valence-electron chi connectivity index (χ3n) is 5.67. The molecule has 0 aromatic carbocycles. The second-order valence-electron chi connectivity index (χ2n) is 8.05. The van der Waals surface area contributed by atoms with Crippen molar-refractivity contribution in [2.75, 3.05) is 13.7 Å². The van der Waals surface area contributed by atoms with Crippen LogP contribution in [0, 0.1) is 0 Å². The molecule has 0 spiro atoms. The Morgan fingerprint density at radius 1 is 1.37 bits per heavy atom. The van der Waals surface area contributed by atoms with E-state index in [1.807, 2.05) is 25.2 Å². The van der Waals surface area contributed by atoms with Crippen molar-refractivity contribution in [1.29, 1.82) is 0 Å². The first-order chi connectivity index (χ1) is 17.1. The molecular weight excluding hydrogens is 446 g/mol. The van der Waals surface area contributed by atoms with E-state index in [1.54, 1.807) is 17.0 Å². The summed E-state index contributed by atoms with van der Waals surface area (Å²) in [5.41, 5.74) is 2.80. The Hall–Kier alpha value is -4.27. The molecular formula is C26H27N5O4. The number of likely N-dealkylation sites (tertiary alicyclic amines) is 1. The summed E-state index contributed by atoms with van der Waals surface area (Å²) in [6, 6.07) is 2.52. The lowest BCUT2D eigenvalue weighted by molar-refractivity contribution is -0.127. The maximum Gasteiger partial charge on any atom is 0.259 e. The number of carbonyl (C=O) groups excluding carboxylic acids is 1. The molecule has 0 radical (unpaired) electrons. The quantitative estimate of drug-likeness (QED) is 0.369. The van der Waals surface area contributed by atoms with Gasteiger partial charge in [-0.2, -0.15) is 4.98 Å². The zero-order chi connectivity index (χ0) is 24.6. The number of nitrogens with one attached hydrogen (secondary N) is 1. The number of carbonyl (C=O) groups is 1. The zero-order valence-corrected chi connectivity index (χ0v) is 19.7. The Kier molecular flexibility index (Phi) is 7.67. The number of nitrogens with zero attached hydrogens (tertiary/aromatic N) is 4. The van der Waals surface area contributed by atoms with E-state index >= 15 is 0 Å². The van der Waals surface area contributed by atoms with Gasteiger partial charge in [-0.3, -0.25) is 9.59 Å². The zero-order valence-electron chi connectivity index (χ0n) is 19.7. The van der Waals surface area contributed by atoms with E-state index < -0.39 is 6.04 Å². The van der Waals surface area contributed by atoms with Gasteiger partial charge in [0, 0.05) is 24.3 Å². The van der Waals surface area contributed by atoms with Crippen LogP contribution in [0.15, 0.2) is 92.6 Å². The Bertz CT molecular complexity index is 1290. The van der Waals surface area contributed by atoms with Crippen molar-refractivity contribution < 1.29 is 14.2 Å². The van der Waals surface area contributed by atoms with E-state index in [2.05, 4.69) is 44.6 Å². The molecule has 4 rings (SSSR count). The number of oxime groups is 1. The summed E-state index contributed by atoms with van der Waals surface area (Å²) in [6.45, 7) is 2.13. The first-order valence-electron chi connectivity index (χ1n) is 11.4. The highest BCUT2D eigenvalue weighted by Crippen LogP contribution is 2.32. The molecule has 1 aliphatic heterocycles. The third kappa shape index (κ3) is 5.81. The lowest BCUT2D eigenvalue weighted by Gasteiger charge is -2.22. The molecule has 1 unspecified atom stereocenters. The number of hydrogen-bond donors (Lipinski definition) is 1. The Morgan fingerprint density at radius 3 is 3.03 bits per heavy atom. The van der Waals surface area contributed by atoms with Crippen LogP contribution < -0.4 is 5.56 Å². The van der Waals surface area contributed by atoms with E-state index in [4.69, 9.17) is 9.36 Å². The van der Waals surface area contributed by atoms with Crippen molar-refractivity contribution in [3.8, 4) is 11.5 Å². The fourth-order valence-electron chi connectivity index (χ4n) is 3.91. The molecule has 1 saturated heterocycles. The van der Waals surface area contributed by atoms with Crippen molar-refractivity contribution in [1.82, 2.24) is 20.0 Å². The van der Waals surface area contributed by atoms with Gasteiger partial charge in [-0.1, -0.05) is 58.9 Å². The number of pyridine rings is 1. The van der Waals surface area contributed by atoms with Gasteiger partial charge in [0.1, 0.15) is 13.2 Å². The van der Waals surface area contributed by atoms with Gasteiger partial charge in [-0.05, 0) is 31.4 Å².